The molecule has 0 fully saturated rings. The summed E-state index contributed by atoms with van der Waals surface area (Å²) in [5.41, 5.74) is 0.883. The third-order valence-corrected chi connectivity index (χ3v) is 2.96. The van der Waals surface area contributed by atoms with E-state index in [4.69, 9.17) is 16.4 Å². The Bertz CT molecular complexity index is 370. The second-order valence-electron chi connectivity index (χ2n) is 2.99. The fraction of sp³-hybridized carbons (Fsp3) is 0.300. The summed E-state index contributed by atoms with van der Waals surface area (Å²) >= 11 is 9.14. The lowest BCUT2D eigenvalue weighted by Crippen LogP contribution is -2.27. The fourth-order valence-electron chi connectivity index (χ4n) is 1.04. The lowest BCUT2D eigenvalue weighted by molar-refractivity contribution is -0.167. The van der Waals surface area contributed by atoms with Gasteiger partial charge in [0.2, 0.25) is 5.91 Å². The number of benzene rings is 1. The highest BCUT2D eigenvalue weighted by Gasteiger charge is 2.11. The molecule has 0 aromatic heterocycles. The molecular weight excluding hydrogens is 281 g/mol. The molecule has 1 amide bonds. The maximum Gasteiger partial charge on any atom is 0.250 e. The molecule has 0 heterocycles. The van der Waals surface area contributed by atoms with Gasteiger partial charge in [0.15, 0.2) is 0 Å². The Labute approximate surface area is 102 Å². The van der Waals surface area contributed by atoms with Crippen molar-refractivity contribution >= 4 is 33.4 Å². The molecule has 3 nitrogen and oxygen atoms in total. The van der Waals surface area contributed by atoms with Crippen LogP contribution in [0.15, 0.2) is 22.7 Å². The molecule has 0 aliphatic rings. The minimum atomic E-state index is -0.111. The number of halogens is 2. The number of hydrogen-bond donors (Lipinski definition) is 0. The van der Waals surface area contributed by atoms with E-state index in [0.717, 1.165) is 10.0 Å². The molecular formula is C10H11BrClNO2. The van der Waals surface area contributed by atoms with Gasteiger partial charge >= 0.3 is 0 Å². The maximum absolute atomic E-state index is 11.5. The highest BCUT2D eigenvalue weighted by Crippen LogP contribution is 2.22. The lowest BCUT2D eigenvalue weighted by atomic mass is 10.1. The Morgan fingerprint density at radius 2 is 2.27 bits per heavy atom. The van der Waals surface area contributed by atoms with Crippen LogP contribution in [0.5, 0.6) is 0 Å². The van der Waals surface area contributed by atoms with Crippen LogP contribution in [-0.2, 0) is 16.1 Å². The molecule has 0 saturated carbocycles. The summed E-state index contributed by atoms with van der Waals surface area (Å²) in [5.74, 6) is -0.111. The van der Waals surface area contributed by atoms with E-state index in [1.807, 2.05) is 6.07 Å². The number of nitrogens with zero attached hydrogens (tertiary/aromatic N) is 1. The van der Waals surface area contributed by atoms with Crippen molar-refractivity contribution in [1.29, 1.82) is 0 Å². The van der Waals surface area contributed by atoms with E-state index in [-0.39, 0.29) is 12.3 Å². The zero-order valence-corrected chi connectivity index (χ0v) is 10.8. The summed E-state index contributed by atoms with van der Waals surface area (Å²) in [5, 5.41) is 1.83. The minimum absolute atomic E-state index is 0.111. The monoisotopic (exact) mass is 291 g/mol. The Morgan fingerprint density at radius 1 is 1.60 bits per heavy atom. The average molecular weight is 293 g/mol. The Balaban J connectivity index is 2.77. The Morgan fingerprint density at radius 3 is 2.80 bits per heavy atom. The van der Waals surface area contributed by atoms with Crippen molar-refractivity contribution in [3.8, 4) is 0 Å². The first-order valence-electron chi connectivity index (χ1n) is 4.29. The topological polar surface area (TPSA) is 29.5 Å². The summed E-state index contributed by atoms with van der Waals surface area (Å²) in [6.07, 6.45) is 0.280. The third kappa shape index (κ3) is 3.48. The molecule has 0 saturated heterocycles. The smallest absolute Gasteiger partial charge is 0.250 e. The largest absolute Gasteiger partial charge is 0.275 e. The lowest BCUT2D eigenvalue weighted by Gasteiger charge is -2.14. The van der Waals surface area contributed by atoms with E-state index in [9.17, 15) is 4.79 Å². The van der Waals surface area contributed by atoms with Crippen LogP contribution in [0, 0.1) is 0 Å². The number of likely N-dealkylation sites (N-methyl/N-ethyl adjacent to an activating group) is 1. The first-order chi connectivity index (χ1) is 7.04. The quantitative estimate of drug-likeness (QED) is 0.802. The van der Waals surface area contributed by atoms with Crippen molar-refractivity contribution in [3.63, 3.8) is 0 Å². The van der Waals surface area contributed by atoms with E-state index in [2.05, 4.69) is 15.9 Å². The van der Waals surface area contributed by atoms with Gasteiger partial charge in [0.1, 0.15) is 0 Å². The van der Waals surface area contributed by atoms with Crippen LogP contribution in [-0.4, -0.2) is 25.1 Å². The Kier molecular flexibility index (Phi) is 4.57. The van der Waals surface area contributed by atoms with Crippen LogP contribution in [0.2, 0.25) is 5.02 Å². The summed E-state index contributed by atoms with van der Waals surface area (Å²) in [4.78, 5) is 16.3. The summed E-state index contributed by atoms with van der Waals surface area (Å²) < 4.78 is 0.827. The van der Waals surface area contributed by atoms with Crippen LogP contribution >= 0.6 is 27.5 Å². The van der Waals surface area contributed by atoms with E-state index in [0.29, 0.717) is 5.02 Å². The predicted octanol–water partition coefficient (Wildman–Crippen LogP) is 2.66. The molecule has 0 aliphatic heterocycles. The molecule has 15 heavy (non-hydrogen) atoms. The standard InChI is InChI=1S/C10H11BrClNO2/c1-13(15-2)10(14)5-7-3-4-8(12)6-9(7)11/h3-4,6H,5H2,1-2H3. The number of carbonyl (C=O) groups excluding carboxylic acids is 1. The number of hydrogen-bond acceptors (Lipinski definition) is 2. The van der Waals surface area contributed by atoms with Crippen molar-refractivity contribution in [2.45, 2.75) is 6.42 Å². The molecule has 0 unspecified atom stereocenters. The van der Waals surface area contributed by atoms with Crippen LogP contribution in [0.25, 0.3) is 0 Å². The van der Waals surface area contributed by atoms with Crippen molar-refractivity contribution in [2.24, 2.45) is 0 Å². The molecule has 0 N–H and O–H groups in total. The molecule has 1 aromatic carbocycles. The van der Waals surface area contributed by atoms with Gasteiger partial charge in [-0.3, -0.25) is 9.63 Å². The number of carbonyl (C=O) groups is 1. The van der Waals surface area contributed by atoms with Gasteiger partial charge in [-0.05, 0) is 17.7 Å². The van der Waals surface area contributed by atoms with E-state index in [1.165, 1.54) is 12.2 Å². The third-order valence-electron chi connectivity index (χ3n) is 1.98. The normalized spacial score (nSPS) is 10.1. The van der Waals surface area contributed by atoms with Gasteiger partial charge in [0, 0.05) is 16.5 Å². The van der Waals surface area contributed by atoms with Crippen molar-refractivity contribution in [1.82, 2.24) is 5.06 Å². The molecule has 0 atom stereocenters. The maximum atomic E-state index is 11.5. The number of amides is 1. The molecule has 1 aromatic rings. The van der Waals surface area contributed by atoms with Crippen molar-refractivity contribution < 1.29 is 9.63 Å². The van der Waals surface area contributed by atoms with Gasteiger partial charge in [0.25, 0.3) is 0 Å². The van der Waals surface area contributed by atoms with Crippen molar-refractivity contribution in [3.05, 3.63) is 33.3 Å². The van der Waals surface area contributed by atoms with E-state index in [1.54, 1.807) is 19.2 Å². The molecule has 0 radical (unpaired) electrons. The number of hydroxylamine groups is 2. The van der Waals surface area contributed by atoms with E-state index >= 15 is 0 Å². The first kappa shape index (κ1) is 12.5. The van der Waals surface area contributed by atoms with E-state index < -0.39 is 0 Å². The van der Waals surface area contributed by atoms with Gasteiger partial charge in [0.05, 0.1) is 13.5 Å². The fourth-order valence-corrected chi connectivity index (χ4v) is 1.86. The SMILES string of the molecule is CON(C)C(=O)Cc1ccc(Cl)cc1Br. The minimum Gasteiger partial charge on any atom is -0.275 e. The van der Waals surface area contributed by atoms with Crippen molar-refractivity contribution in [2.75, 3.05) is 14.2 Å². The molecule has 0 aliphatic carbocycles. The molecule has 82 valence electrons. The van der Waals surface area contributed by atoms with Gasteiger partial charge in [-0.15, -0.1) is 0 Å². The first-order valence-corrected chi connectivity index (χ1v) is 5.46. The second kappa shape index (κ2) is 5.49. The summed E-state index contributed by atoms with van der Waals surface area (Å²) in [7, 11) is 3.03. The van der Waals surface area contributed by atoms with Crippen LogP contribution in [0.1, 0.15) is 5.56 Å². The zero-order valence-electron chi connectivity index (χ0n) is 8.46. The zero-order chi connectivity index (χ0) is 11.4. The van der Waals surface area contributed by atoms with Crippen LogP contribution in [0.4, 0.5) is 0 Å². The number of rotatable bonds is 3. The van der Waals surface area contributed by atoms with Gasteiger partial charge in [-0.2, -0.15) is 0 Å². The molecule has 0 spiro atoms. The molecule has 5 heteroatoms. The molecule has 1 rings (SSSR count). The predicted molar refractivity (Wildman–Crippen MR) is 62.6 cm³/mol. The summed E-state index contributed by atoms with van der Waals surface area (Å²) in [6, 6.07) is 5.33. The average Bonchev–Trinajstić information content (AvgIpc) is 2.20. The highest BCUT2D eigenvalue weighted by molar-refractivity contribution is 9.10. The molecule has 0 bridgehead atoms. The Hall–Kier alpha value is -0.580. The second-order valence-corrected chi connectivity index (χ2v) is 4.28. The highest BCUT2D eigenvalue weighted by atomic mass is 79.9. The van der Waals surface area contributed by atoms with Crippen LogP contribution < -0.4 is 0 Å². The summed E-state index contributed by atoms with van der Waals surface area (Å²) in [6.45, 7) is 0. The van der Waals surface area contributed by atoms with Crippen LogP contribution in [0.3, 0.4) is 0 Å². The van der Waals surface area contributed by atoms with Gasteiger partial charge in [-0.1, -0.05) is 33.6 Å². The van der Waals surface area contributed by atoms with Gasteiger partial charge < -0.3 is 0 Å². The van der Waals surface area contributed by atoms with Gasteiger partial charge in [-0.25, -0.2) is 5.06 Å².